The number of hydrogen-bond acceptors (Lipinski definition) is 6. The van der Waals surface area contributed by atoms with E-state index in [9.17, 15) is 10.2 Å². The molecule has 0 bridgehead atoms. The Morgan fingerprint density at radius 2 is 2.08 bits per heavy atom. The highest BCUT2D eigenvalue weighted by Gasteiger charge is 2.27. The Morgan fingerprint density at radius 1 is 1.19 bits per heavy atom. The zero-order valence-corrected chi connectivity index (χ0v) is 16.1. The Hall–Kier alpha value is -1.60. The van der Waals surface area contributed by atoms with Gasteiger partial charge in [0.2, 0.25) is 0 Å². The fourth-order valence-electron chi connectivity index (χ4n) is 3.54. The van der Waals surface area contributed by atoms with Crippen molar-refractivity contribution in [2.24, 2.45) is 0 Å². The number of phenols is 1. The summed E-state index contributed by atoms with van der Waals surface area (Å²) in [5.74, 6) is 0.794. The van der Waals surface area contributed by atoms with E-state index in [2.05, 4.69) is 27.3 Å². The van der Waals surface area contributed by atoms with Crippen LogP contribution in [0, 0.1) is 0 Å². The van der Waals surface area contributed by atoms with Gasteiger partial charge in [0.25, 0.3) is 0 Å². The third-order valence-electron chi connectivity index (χ3n) is 4.87. The van der Waals surface area contributed by atoms with Crippen LogP contribution in [0.2, 0.25) is 0 Å². The van der Waals surface area contributed by atoms with Crippen LogP contribution < -0.4 is 4.74 Å². The number of thiophene rings is 1. The Labute approximate surface area is 159 Å². The molecule has 1 atom stereocenters. The SMILES string of the molecule is CCOc1cccc(CN2CCN(Cc3cccs3)C(CCO)C2)c1O. The fraction of sp³-hybridized carbons (Fsp3) is 0.500. The minimum Gasteiger partial charge on any atom is -0.504 e. The first-order valence-electron chi connectivity index (χ1n) is 9.24. The molecule has 2 N–H and O–H groups in total. The molecule has 1 aliphatic heterocycles. The molecule has 1 aromatic carbocycles. The molecule has 142 valence electrons. The molecule has 26 heavy (non-hydrogen) atoms. The smallest absolute Gasteiger partial charge is 0.162 e. The largest absolute Gasteiger partial charge is 0.504 e. The van der Waals surface area contributed by atoms with Gasteiger partial charge >= 0.3 is 0 Å². The Morgan fingerprint density at radius 3 is 2.81 bits per heavy atom. The lowest BCUT2D eigenvalue weighted by Crippen LogP contribution is -2.52. The average molecular weight is 377 g/mol. The van der Waals surface area contributed by atoms with Crippen molar-refractivity contribution in [1.82, 2.24) is 9.80 Å². The molecule has 2 heterocycles. The molecule has 0 aliphatic carbocycles. The molecular weight excluding hydrogens is 348 g/mol. The van der Waals surface area contributed by atoms with E-state index in [4.69, 9.17) is 4.74 Å². The summed E-state index contributed by atoms with van der Waals surface area (Å²) in [5.41, 5.74) is 0.894. The minimum atomic E-state index is 0.199. The number of para-hydroxylation sites is 1. The second kappa shape index (κ2) is 9.37. The Bertz CT molecular complexity index is 678. The van der Waals surface area contributed by atoms with Gasteiger partial charge in [0.05, 0.1) is 6.61 Å². The predicted molar refractivity (Wildman–Crippen MR) is 105 cm³/mol. The summed E-state index contributed by atoms with van der Waals surface area (Å²) in [4.78, 5) is 6.19. The fourth-order valence-corrected chi connectivity index (χ4v) is 4.27. The summed E-state index contributed by atoms with van der Waals surface area (Å²) in [6, 6.07) is 10.3. The number of nitrogens with zero attached hydrogens (tertiary/aromatic N) is 2. The maximum Gasteiger partial charge on any atom is 0.162 e. The van der Waals surface area contributed by atoms with E-state index in [1.807, 2.05) is 19.1 Å². The molecule has 1 unspecified atom stereocenters. The summed E-state index contributed by atoms with van der Waals surface area (Å²) in [7, 11) is 0. The summed E-state index contributed by atoms with van der Waals surface area (Å²) in [5, 5.41) is 22.0. The highest BCUT2D eigenvalue weighted by atomic mass is 32.1. The van der Waals surface area contributed by atoms with E-state index in [1.54, 1.807) is 17.4 Å². The van der Waals surface area contributed by atoms with Crippen molar-refractivity contribution < 1.29 is 14.9 Å². The summed E-state index contributed by atoms with van der Waals surface area (Å²) in [6.45, 7) is 7.10. The first-order valence-corrected chi connectivity index (χ1v) is 10.1. The number of aliphatic hydroxyl groups is 1. The van der Waals surface area contributed by atoms with Gasteiger partial charge in [-0.25, -0.2) is 0 Å². The summed E-state index contributed by atoms with van der Waals surface area (Å²) >= 11 is 1.78. The number of piperazine rings is 1. The molecule has 3 rings (SSSR count). The van der Waals surface area contributed by atoms with E-state index in [1.165, 1.54) is 4.88 Å². The van der Waals surface area contributed by atoms with Crippen molar-refractivity contribution in [1.29, 1.82) is 0 Å². The highest BCUT2D eigenvalue weighted by Crippen LogP contribution is 2.31. The topological polar surface area (TPSA) is 56.2 Å². The number of ether oxygens (including phenoxy) is 1. The first-order chi connectivity index (χ1) is 12.7. The predicted octanol–water partition coefficient (Wildman–Crippen LogP) is 2.92. The number of benzene rings is 1. The van der Waals surface area contributed by atoms with Crippen LogP contribution in [0.15, 0.2) is 35.7 Å². The second-order valence-corrected chi connectivity index (χ2v) is 7.68. The molecule has 1 saturated heterocycles. The van der Waals surface area contributed by atoms with Gasteiger partial charge in [0, 0.05) is 55.8 Å². The standard InChI is InChI=1S/C20H28N2O3S/c1-2-25-19-7-3-5-16(20(19)24)13-21-9-10-22(17(14-21)8-11-23)15-18-6-4-12-26-18/h3-7,12,17,23-24H,2,8-11,13-15H2,1H3. The number of hydrogen-bond donors (Lipinski definition) is 2. The van der Waals surface area contributed by atoms with Crippen molar-refractivity contribution in [3.8, 4) is 11.5 Å². The van der Waals surface area contributed by atoms with Gasteiger partial charge in [-0.05, 0) is 30.9 Å². The average Bonchev–Trinajstić information content (AvgIpc) is 3.14. The molecule has 0 saturated carbocycles. The maximum absolute atomic E-state index is 10.4. The molecule has 6 heteroatoms. The van der Waals surface area contributed by atoms with E-state index in [0.29, 0.717) is 24.9 Å². The van der Waals surface area contributed by atoms with Crippen LogP contribution in [-0.4, -0.2) is 58.9 Å². The van der Waals surface area contributed by atoms with Crippen LogP contribution in [0.5, 0.6) is 11.5 Å². The van der Waals surface area contributed by atoms with Gasteiger partial charge in [-0.15, -0.1) is 11.3 Å². The van der Waals surface area contributed by atoms with Gasteiger partial charge in [0.15, 0.2) is 11.5 Å². The van der Waals surface area contributed by atoms with Crippen molar-refractivity contribution in [3.63, 3.8) is 0 Å². The lowest BCUT2D eigenvalue weighted by molar-refractivity contribution is 0.0502. The van der Waals surface area contributed by atoms with Crippen molar-refractivity contribution in [2.45, 2.75) is 32.5 Å². The van der Waals surface area contributed by atoms with E-state index < -0.39 is 0 Å². The number of aromatic hydroxyl groups is 1. The zero-order valence-electron chi connectivity index (χ0n) is 15.3. The quantitative estimate of drug-likeness (QED) is 0.742. The maximum atomic E-state index is 10.4. The lowest BCUT2D eigenvalue weighted by Gasteiger charge is -2.41. The summed E-state index contributed by atoms with van der Waals surface area (Å²) in [6.07, 6.45) is 0.771. The molecular formula is C20H28N2O3S. The van der Waals surface area contributed by atoms with Gasteiger partial charge in [-0.3, -0.25) is 9.80 Å². The molecule has 1 aromatic heterocycles. The monoisotopic (exact) mass is 376 g/mol. The van der Waals surface area contributed by atoms with Crippen LogP contribution in [0.4, 0.5) is 0 Å². The van der Waals surface area contributed by atoms with Gasteiger partial charge in [-0.1, -0.05) is 18.2 Å². The minimum absolute atomic E-state index is 0.199. The van der Waals surface area contributed by atoms with Gasteiger partial charge in [0.1, 0.15) is 0 Å². The van der Waals surface area contributed by atoms with Crippen molar-refractivity contribution in [3.05, 3.63) is 46.2 Å². The van der Waals surface area contributed by atoms with Gasteiger partial charge < -0.3 is 14.9 Å². The molecule has 1 fully saturated rings. The van der Waals surface area contributed by atoms with Crippen LogP contribution in [0.25, 0.3) is 0 Å². The second-order valence-electron chi connectivity index (χ2n) is 6.65. The van der Waals surface area contributed by atoms with E-state index in [0.717, 1.165) is 38.2 Å². The third kappa shape index (κ3) is 4.76. The highest BCUT2D eigenvalue weighted by molar-refractivity contribution is 7.09. The molecule has 0 amide bonds. The molecule has 0 spiro atoms. The van der Waals surface area contributed by atoms with Crippen LogP contribution in [0.1, 0.15) is 23.8 Å². The Kier molecular flexibility index (Phi) is 6.91. The van der Waals surface area contributed by atoms with E-state index >= 15 is 0 Å². The van der Waals surface area contributed by atoms with E-state index in [-0.39, 0.29) is 12.4 Å². The first kappa shape index (κ1) is 19.2. The Balaban J connectivity index is 1.64. The van der Waals surface area contributed by atoms with Crippen molar-refractivity contribution >= 4 is 11.3 Å². The van der Waals surface area contributed by atoms with Crippen molar-refractivity contribution in [2.75, 3.05) is 32.8 Å². The lowest BCUT2D eigenvalue weighted by atomic mass is 10.1. The number of aliphatic hydroxyl groups excluding tert-OH is 1. The number of phenolic OH excluding ortho intramolecular Hbond substituents is 1. The van der Waals surface area contributed by atoms with Crippen LogP contribution in [0.3, 0.4) is 0 Å². The zero-order chi connectivity index (χ0) is 18.4. The van der Waals surface area contributed by atoms with Crippen LogP contribution >= 0.6 is 11.3 Å². The van der Waals surface area contributed by atoms with Crippen LogP contribution in [-0.2, 0) is 13.1 Å². The molecule has 0 radical (unpaired) electrons. The molecule has 2 aromatic rings. The molecule has 1 aliphatic rings. The number of rotatable bonds is 8. The normalized spacial score (nSPS) is 18.9. The van der Waals surface area contributed by atoms with Gasteiger partial charge in [-0.2, -0.15) is 0 Å². The third-order valence-corrected chi connectivity index (χ3v) is 5.73. The molecule has 5 nitrogen and oxygen atoms in total. The summed E-state index contributed by atoms with van der Waals surface area (Å²) < 4.78 is 5.49.